The molecule has 2 heteroatoms. The maximum atomic E-state index is 9.65. The molecule has 72 valence electrons. The number of benzene rings is 1. The van der Waals surface area contributed by atoms with E-state index in [4.69, 9.17) is 5.73 Å². The maximum Gasteiger partial charge on any atom is 0.119 e. The topological polar surface area (TPSA) is 46.2 Å². The first kappa shape index (κ1) is 10.1. The molecule has 13 heavy (non-hydrogen) atoms. The maximum absolute atomic E-state index is 9.65. The van der Waals surface area contributed by atoms with Gasteiger partial charge in [0.25, 0.3) is 0 Å². The van der Waals surface area contributed by atoms with E-state index in [0.29, 0.717) is 12.3 Å². The highest BCUT2D eigenvalue weighted by atomic mass is 16.3. The number of aryl methyl sites for hydroxylation is 1. The Morgan fingerprint density at radius 2 is 2.00 bits per heavy atom. The quantitative estimate of drug-likeness (QED) is 0.728. The Morgan fingerprint density at radius 3 is 2.54 bits per heavy atom. The molecule has 0 aromatic heterocycles. The minimum Gasteiger partial charge on any atom is -0.508 e. The van der Waals surface area contributed by atoms with Crippen LogP contribution < -0.4 is 5.73 Å². The lowest BCUT2D eigenvalue weighted by Gasteiger charge is -2.24. The molecule has 0 saturated carbocycles. The summed E-state index contributed by atoms with van der Waals surface area (Å²) in [7, 11) is 0. The summed E-state index contributed by atoms with van der Waals surface area (Å²) in [5.41, 5.74) is 7.56. The van der Waals surface area contributed by atoms with Crippen LogP contribution in [-0.2, 0) is 5.41 Å². The van der Waals surface area contributed by atoms with Crippen molar-refractivity contribution in [1.82, 2.24) is 0 Å². The van der Waals surface area contributed by atoms with E-state index >= 15 is 0 Å². The Morgan fingerprint density at radius 1 is 1.38 bits per heavy atom. The van der Waals surface area contributed by atoms with Crippen LogP contribution in [0.4, 0.5) is 0 Å². The van der Waals surface area contributed by atoms with Gasteiger partial charge in [-0.15, -0.1) is 0 Å². The summed E-state index contributed by atoms with van der Waals surface area (Å²) in [6.45, 7) is 6.60. The van der Waals surface area contributed by atoms with E-state index in [2.05, 4.69) is 0 Å². The van der Waals surface area contributed by atoms with Crippen molar-refractivity contribution in [3.63, 3.8) is 0 Å². The number of phenolic OH excluding ortho intramolecular Hbond substituents is 1. The van der Waals surface area contributed by atoms with Crippen LogP contribution in [-0.4, -0.2) is 11.7 Å². The lowest BCUT2D eigenvalue weighted by molar-refractivity contribution is 0.438. The Bertz CT molecular complexity index is 305. The smallest absolute Gasteiger partial charge is 0.119 e. The molecule has 0 aliphatic carbocycles. The van der Waals surface area contributed by atoms with Crippen molar-refractivity contribution in [3.8, 4) is 5.75 Å². The summed E-state index contributed by atoms with van der Waals surface area (Å²) < 4.78 is 0. The van der Waals surface area contributed by atoms with Gasteiger partial charge in [0.05, 0.1) is 0 Å². The van der Waals surface area contributed by atoms with E-state index in [-0.39, 0.29) is 5.41 Å². The van der Waals surface area contributed by atoms with Crippen LogP contribution in [0.3, 0.4) is 0 Å². The highest BCUT2D eigenvalue weighted by Crippen LogP contribution is 2.30. The number of rotatable bonds is 2. The van der Waals surface area contributed by atoms with Gasteiger partial charge in [0.15, 0.2) is 0 Å². The molecule has 0 atom stereocenters. The molecule has 0 radical (unpaired) electrons. The third-order valence-electron chi connectivity index (χ3n) is 2.39. The van der Waals surface area contributed by atoms with Gasteiger partial charge in [0.1, 0.15) is 5.75 Å². The minimum absolute atomic E-state index is 0.157. The molecule has 2 nitrogen and oxygen atoms in total. The molecule has 3 N–H and O–H groups in total. The van der Waals surface area contributed by atoms with Crippen molar-refractivity contribution in [3.05, 3.63) is 29.3 Å². The fourth-order valence-electron chi connectivity index (χ4n) is 1.30. The molecule has 0 fully saturated rings. The van der Waals surface area contributed by atoms with Gasteiger partial charge < -0.3 is 10.8 Å². The number of aromatic hydroxyl groups is 1. The van der Waals surface area contributed by atoms with Gasteiger partial charge in [-0.25, -0.2) is 0 Å². The molecule has 0 bridgehead atoms. The Labute approximate surface area is 79.4 Å². The lowest BCUT2D eigenvalue weighted by atomic mass is 9.83. The fraction of sp³-hybridized carbons (Fsp3) is 0.455. The standard InChI is InChI=1S/C11H17NO/c1-8-4-5-10(13)9(6-8)11(2,3)7-12/h4-6,13H,7,12H2,1-3H3. The molecule has 0 aliphatic rings. The normalized spacial score (nSPS) is 11.7. The predicted molar refractivity (Wildman–Crippen MR) is 54.9 cm³/mol. The van der Waals surface area contributed by atoms with Crippen molar-refractivity contribution >= 4 is 0 Å². The molecule has 0 saturated heterocycles. The van der Waals surface area contributed by atoms with E-state index in [1.165, 1.54) is 0 Å². The van der Waals surface area contributed by atoms with Crippen LogP contribution in [0.15, 0.2) is 18.2 Å². The second-order valence-electron chi connectivity index (χ2n) is 4.11. The molecular weight excluding hydrogens is 162 g/mol. The highest BCUT2D eigenvalue weighted by Gasteiger charge is 2.21. The van der Waals surface area contributed by atoms with Crippen LogP contribution in [0.25, 0.3) is 0 Å². The third-order valence-corrected chi connectivity index (χ3v) is 2.39. The van der Waals surface area contributed by atoms with Gasteiger partial charge in [-0.1, -0.05) is 31.5 Å². The highest BCUT2D eigenvalue weighted by molar-refractivity contribution is 5.40. The fourth-order valence-corrected chi connectivity index (χ4v) is 1.30. The third kappa shape index (κ3) is 2.01. The SMILES string of the molecule is Cc1ccc(O)c(C(C)(C)CN)c1. The molecular formula is C11H17NO. The van der Waals surface area contributed by atoms with Gasteiger partial charge in [0, 0.05) is 17.5 Å². The number of hydrogen-bond donors (Lipinski definition) is 2. The summed E-state index contributed by atoms with van der Waals surface area (Å²) >= 11 is 0. The van der Waals surface area contributed by atoms with Gasteiger partial charge in [-0.05, 0) is 13.0 Å². The Balaban J connectivity index is 3.20. The van der Waals surface area contributed by atoms with Crippen molar-refractivity contribution in [2.45, 2.75) is 26.2 Å². The van der Waals surface area contributed by atoms with Gasteiger partial charge in [-0.2, -0.15) is 0 Å². The second kappa shape index (κ2) is 3.38. The first-order valence-electron chi connectivity index (χ1n) is 4.47. The summed E-state index contributed by atoms with van der Waals surface area (Å²) in [6, 6.07) is 5.61. The largest absolute Gasteiger partial charge is 0.508 e. The van der Waals surface area contributed by atoms with Crippen LogP contribution in [0.2, 0.25) is 0 Å². The molecule has 0 heterocycles. The average molecular weight is 179 g/mol. The van der Waals surface area contributed by atoms with Crippen LogP contribution >= 0.6 is 0 Å². The molecule has 1 aromatic carbocycles. The molecule has 0 amide bonds. The van der Waals surface area contributed by atoms with Crippen molar-refractivity contribution in [2.75, 3.05) is 6.54 Å². The zero-order valence-electron chi connectivity index (χ0n) is 8.46. The summed E-state index contributed by atoms with van der Waals surface area (Å²) in [5.74, 6) is 0.334. The summed E-state index contributed by atoms with van der Waals surface area (Å²) in [6.07, 6.45) is 0. The Hall–Kier alpha value is -1.02. The van der Waals surface area contributed by atoms with E-state index in [1.54, 1.807) is 6.07 Å². The zero-order chi connectivity index (χ0) is 10.1. The molecule has 0 unspecified atom stereocenters. The molecule has 1 rings (SSSR count). The van der Waals surface area contributed by atoms with Crippen LogP contribution in [0.5, 0.6) is 5.75 Å². The van der Waals surface area contributed by atoms with E-state index in [0.717, 1.165) is 11.1 Å². The lowest BCUT2D eigenvalue weighted by Crippen LogP contribution is -2.28. The molecule has 0 spiro atoms. The minimum atomic E-state index is -0.157. The monoisotopic (exact) mass is 179 g/mol. The zero-order valence-corrected chi connectivity index (χ0v) is 8.46. The summed E-state index contributed by atoms with van der Waals surface area (Å²) in [4.78, 5) is 0. The number of hydrogen-bond acceptors (Lipinski definition) is 2. The number of nitrogens with two attached hydrogens (primary N) is 1. The molecule has 1 aromatic rings. The van der Waals surface area contributed by atoms with Crippen molar-refractivity contribution < 1.29 is 5.11 Å². The van der Waals surface area contributed by atoms with Gasteiger partial charge >= 0.3 is 0 Å². The van der Waals surface area contributed by atoms with Gasteiger partial charge in [-0.3, -0.25) is 0 Å². The van der Waals surface area contributed by atoms with E-state index in [9.17, 15) is 5.11 Å². The van der Waals surface area contributed by atoms with Gasteiger partial charge in [0.2, 0.25) is 0 Å². The first-order valence-corrected chi connectivity index (χ1v) is 4.47. The van der Waals surface area contributed by atoms with Crippen molar-refractivity contribution in [2.24, 2.45) is 5.73 Å². The van der Waals surface area contributed by atoms with Crippen LogP contribution in [0, 0.1) is 6.92 Å². The van der Waals surface area contributed by atoms with Crippen molar-refractivity contribution in [1.29, 1.82) is 0 Å². The van der Waals surface area contributed by atoms with E-state index in [1.807, 2.05) is 32.9 Å². The number of phenols is 1. The second-order valence-corrected chi connectivity index (χ2v) is 4.11. The summed E-state index contributed by atoms with van der Waals surface area (Å²) in [5, 5.41) is 9.65. The Kier molecular flexibility index (Phi) is 2.62. The van der Waals surface area contributed by atoms with E-state index < -0.39 is 0 Å². The first-order chi connectivity index (χ1) is 5.97. The van der Waals surface area contributed by atoms with Crippen LogP contribution in [0.1, 0.15) is 25.0 Å². The average Bonchev–Trinajstić information content (AvgIpc) is 2.09. The predicted octanol–water partition coefficient (Wildman–Crippen LogP) is 1.94. The molecule has 0 aliphatic heterocycles.